The third-order valence-electron chi connectivity index (χ3n) is 2.72. The van der Waals surface area contributed by atoms with E-state index in [9.17, 15) is 14.0 Å². The van der Waals surface area contributed by atoms with Crippen LogP contribution in [0.2, 0.25) is 5.02 Å². The highest BCUT2D eigenvalue weighted by Crippen LogP contribution is 2.17. The summed E-state index contributed by atoms with van der Waals surface area (Å²) >= 11 is 5.55. The van der Waals surface area contributed by atoms with Crippen LogP contribution in [0.25, 0.3) is 0 Å². The maximum atomic E-state index is 13.3. The third-order valence-corrected chi connectivity index (χ3v) is 3.03. The Balaban J connectivity index is 2.15. The van der Waals surface area contributed by atoms with Crippen LogP contribution in [0.1, 0.15) is 15.9 Å². The van der Waals surface area contributed by atoms with Gasteiger partial charge < -0.3 is 10.4 Å². The largest absolute Gasteiger partial charge is 0.481 e. The molecule has 6 heteroatoms. The summed E-state index contributed by atoms with van der Waals surface area (Å²) in [6.45, 7) is 0. The van der Waals surface area contributed by atoms with Crippen molar-refractivity contribution in [2.75, 3.05) is 5.32 Å². The van der Waals surface area contributed by atoms with Crippen LogP contribution >= 0.6 is 11.6 Å². The summed E-state index contributed by atoms with van der Waals surface area (Å²) in [5.41, 5.74) is 1.12. The topological polar surface area (TPSA) is 66.4 Å². The van der Waals surface area contributed by atoms with Gasteiger partial charge >= 0.3 is 5.97 Å². The van der Waals surface area contributed by atoms with Crippen LogP contribution in [0.5, 0.6) is 0 Å². The number of hydrogen-bond donors (Lipinski definition) is 2. The molecule has 2 aromatic rings. The van der Waals surface area contributed by atoms with Gasteiger partial charge in [0.05, 0.1) is 11.4 Å². The number of carboxylic acids is 1. The predicted octanol–water partition coefficient (Wildman–Crippen LogP) is 3.36. The Hall–Kier alpha value is -2.40. The van der Waals surface area contributed by atoms with Gasteiger partial charge in [0.2, 0.25) is 0 Å². The molecule has 0 saturated carbocycles. The van der Waals surface area contributed by atoms with Crippen molar-refractivity contribution in [3.63, 3.8) is 0 Å². The molecule has 0 aromatic heterocycles. The van der Waals surface area contributed by atoms with Crippen LogP contribution in [-0.2, 0) is 11.2 Å². The summed E-state index contributed by atoms with van der Waals surface area (Å²) in [5, 5.41) is 11.2. The first kappa shape index (κ1) is 15.0. The Labute approximate surface area is 125 Å². The van der Waals surface area contributed by atoms with Gasteiger partial charge in [0.25, 0.3) is 5.91 Å². The van der Waals surface area contributed by atoms with E-state index in [-0.39, 0.29) is 17.0 Å². The van der Waals surface area contributed by atoms with Crippen LogP contribution in [0, 0.1) is 5.82 Å². The number of carboxylic acid groups (broad SMARTS) is 1. The number of halogens is 2. The molecule has 0 radical (unpaired) electrons. The number of aliphatic carboxylic acids is 1. The normalized spacial score (nSPS) is 10.2. The minimum atomic E-state index is -0.960. The number of benzene rings is 2. The average Bonchev–Trinajstić information content (AvgIpc) is 2.41. The number of carbonyl (C=O) groups is 2. The van der Waals surface area contributed by atoms with E-state index in [0.29, 0.717) is 11.3 Å². The van der Waals surface area contributed by atoms with Gasteiger partial charge in [-0.1, -0.05) is 23.7 Å². The van der Waals surface area contributed by atoms with Crippen molar-refractivity contribution in [2.45, 2.75) is 6.42 Å². The van der Waals surface area contributed by atoms with Gasteiger partial charge in [-0.05, 0) is 35.9 Å². The van der Waals surface area contributed by atoms with Gasteiger partial charge in [0.15, 0.2) is 0 Å². The standard InChI is InChI=1S/C15H11ClFNO3/c16-12-5-4-10(8-13(12)17)15(21)18-11-3-1-2-9(6-11)7-14(19)20/h1-6,8H,7H2,(H,18,21)(H,19,20). The number of carbonyl (C=O) groups excluding carboxylic acids is 1. The Morgan fingerprint density at radius 2 is 1.95 bits per heavy atom. The lowest BCUT2D eigenvalue weighted by molar-refractivity contribution is -0.136. The SMILES string of the molecule is O=C(O)Cc1cccc(NC(=O)c2ccc(Cl)c(F)c2)c1. The van der Waals surface area contributed by atoms with Gasteiger partial charge in [-0.15, -0.1) is 0 Å². The minimum absolute atomic E-state index is 0.0602. The second kappa shape index (κ2) is 6.37. The molecule has 0 aliphatic heterocycles. The second-order valence-electron chi connectivity index (χ2n) is 4.35. The number of hydrogen-bond acceptors (Lipinski definition) is 2. The van der Waals surface area contributed by atoms with Gasteiger partial charge in [-0.3, -0.25) is 9.59 Å². The summed E-state index contributed by atoms with van der Waals surface area (Å²) in [4.78, 5) is 22.6. The first-order valence-corrected chi connectivity index (χ1v) is 6.40. The molecule has 0 aliphatic carbocycles. The van der Waals surface area contributed by atoms with Gasteiger partial charge in [0, 0.05) is 11.3 Å². The quantitative estimate of drug-likeness (QED) is 0.910. The third kappa shape index (κ3) is 4.03. The van der Waals surface area contributed by atoms with E-state index in [1.807, 2.05) is 0 Å². The predicted molar refractivity (Wildman–Crippen MR) is 77.1 cm³/mol. The molecule has 1 amide bonds. The monoisotopic (exact) mass is 307 g/mol. The lowest BCUT2D eigenvalue weighted by Gasteiger charge is -2.07. The zero-order valence-electron chi connectivity index (χ0n) is 10.8. The molecule has 0 fully saturated rings. The first-order valence-electron chi connectivity index (χ1n) is 6.03. The van der Waals surface area contributed by atoms with Crippen molar-refractivity contribution in [3.8, 4) is 0 Å². The number of rotatable bonds is 4. The Kier molecular flexibility index (Phi) is 4.55. The van der Waals surface area contributed by atoms with Crippen molar-refractivity contribution in [3.05, 3.63) is 64.4 Å². The zero-order chi connectivity index (χ0) is 15.4. The molecule has 2 N–H and O–H groups in total. The Morgan fingerprint density at radius 1 is 1.19 bits per heavy atom. The van der Waals surface area contributed by atoms with Crippen molar-refractivity contribution in [1.82, 2.24) is 0 Å². The highest BCUT2D eigenvalue weighted by molar-refractivity contribution is 6.30. The summed E-state index contributed by atoms with van der Waals surface area (Å²) in [6, 6.07) is 10.2. The fraction of sp³-hybridized carbons (Fsp3) is 0.0667. The molecule has 0 aliphatic rings. The Morgan fingerprint density at radius 3 is 2.62 bits per heavy atom. The molecule has 2 rings (SSSR count). The fourth-order valence-corrected chi connectivity index (χ4v) is 1.89. The molecule has 2 aromatic carbocycles. The molecule has 0 saturated heterocycles. The second-order valence-corrected chi connectivity index (χ2v) is 4.76. The van der Waals surface area contributed by atoms with E-state index in [0.717, 1.165) is 6.07 Å². The summed E-state index contributed by atoms with van der Waals surface area (Å²) in [6.07, 6.45) is -0.140. The maximum absolute atomic E-state index is 13.3. The van der Waals surface area contributed by atoms with E-state index in [1.165, 1.54) is 12.1 Å². The summed E-state index contributed by atoms with van der Waals surface area (Å²) in [7, 11) is 0. The minimum Gasteiger partial charge on any atom is -0.481 e. The molecule has 0 heterocycles. The molecule has 0 spiro atoms. The van der Waals surface area contributed by atoms with Gasteiger partial charge in [-0.25, -0.2) is 4.39 Å². The van der Waals surface area contributed by atoms with Crippen LogP contribution in [0.4, 0.5) is 10.1 Å². The fourth-order valence-electron chi connectivity index (χ4n) is 1.77. The van der Waals surface area contributed by atoms with Gasteiger partial charge in [0.1, 0.15) is 5.82 Å². The van der Waals surface area contributed by atoms with Crippen molar-refractivity contribution in [2.24, 2.45) is 0 Å². The molecular formula is C15H11ClFNO3. The molecule has 21 heavy (non-hydrogen) atoms. The molecule has 108 valence electrons. The average molecular weight is 308 g/mol. The summed E-state index contributed by atoms with van der Waals surface area (Å²) < 4.78 is 13.3. The highest BCUT2D eigenvalue weighted by Gasteiger charge is 2.10. The van der Waals surface area contributed by atoms with E-state index >= 15 is 0 Å². The highest BCUT2D eigenvalue weighted by atomic mass is 35.5. The van der Waals surface area contributed by atoms with Crippen LogP contribution in [-0.4, -0.2) is 17.0 Å². The van der Waals surface area contributed by atoms with E-state index in [1.54, 1.807) is 24.3 Å². The molecule has 4 nitrogen and oxygen atoms in total. The van der Waals surface area contributed by atoms with Crippen LogP contribution in [0.15, 0.2) is 42.5 Å². The van der Waals surface area contributed by atoms with Crippen molar-refractivity contribution < 1.29 is 19.1 Å². The lowest BCUT2D eigenvalue weighted by Crippen LogP contribution is -2.12. The maximum Gasteiger partial charge on any atom is 0.307 e. The van der Waals surface area contributed by atoms with Crippen LogP contribution in [0.3, 0.4) is 0 Å². The van der Waals surface area contributed by atoms with E-state index in [2.05, 4.69) is 5.32 Å². The number of amides is 1. The number of anilines is 1. The first-order chi connectivity index (χ1) is 9.95. The van der Waals surface area contributed by atoms with Crippen molar-refractivity contribution >= 4 is 29.2 Å². The molecular weight excluding hydrogens is 297 g/mol. The van der Waals surface area contributed by atoms with Crippen molar-refractivity contribution in [1.29, 1.82) is 0 Å². The van der Waals surface area contributed by atoms with Gasteiger partial charge in [-0.2, -0.15) is 0 Å². The van der Waals surface area contributed by atoms with Crippen LogP contribution < -0.4 is 5.32 Å². The summed E-state index contributed by atoms with van der Waals surface area (Å²) in [5.74, 6) is -2.14. The van der Waals surface area contributed by atoms with E-state index < -0.39 is 17.7 Å². The smallest absolute Gasteiger partial charge is 0.307 e. The zero-order valence-corrected chi connectivity index (χ0v) is 11.5. The Bertz CT molecular complexity index is 703. The molecule has 0 bridgehead atoms. The van der Waals surface area contributed by atoms with E-state index in [4.69, 9.17) is 16.7 Å². The lowest BCUT2D eigenvalue weighted by atomic mass is 10.1. The number of nitrogens with one attached hydrogen (secondary N) is 1. The molecule has 0 unspecified atom stereocenters. The molecule has 0 atom stereocenters.